The van der Waals surface area contributed by atoms with E-state index in [0.29, 0.717) is 10.9 Å². The van der Waals surface area contributed by atoms with Crippen LogP contribution in [0.5, 0.6) is 0 Å². The highest BCUT2D eigenvalue weighted by atomic mass is 32.2. The molecule has 0 aromatic carbocycles. The minimum Gasteiger partial charge on any atom is -0.375 e. The zero-order valence-electron chi connectivity index (χ0n) is 11.2. The van der Waals surface area contributed by atoms with Crippen LogP contribution in [0, 0.1) is 6.92 Å². The van der Waals surface area contributed by atoms with Crippen molar-refractivity contribution in [3.63, 3.8) is 0 Å². The largest absolute Gasteiger partial charge is 0.375 e. The van der Waals surface area contributed by atoms with Gasteiger partial charge in [0, 0.05) is 13.1 Å². The van der Waals surface area contributed by atoms with Crippen LogP contribution in [0.4, 0.5) is 5.13 Å². The van der Waals surface area contributed by atoms with Gasteiger partial charge in [0.25, 0.3) is 0 Å². The molecule has 4 nitrogen and oxygen atoms in total. The first-order valence-corrected chi connectivity index (χ1v) is 8.02. The molecular weight excluding hydrogens is 266 g/mol. The van der Waals surface area contributed by atoms with Gasteiger partial charge in [0.2, 0.25) is 5.91 Å². The summed E-state index contributed by atoms with van der Waals surface area (Å²) in [6, 6.07) is 0. The highest BCUT2D eigenvalue weighted by Gasteiger charge is 2.14. The number of thioether (sulfide) groups is 1. The third-order valence-electron chi connectivity index (χ3n) is 2.44. The Balaban J connectivity index is 2.50. The molecule has 0 aliphatic rings. The maximum Gasteiger partial charge on any atom is 0.232 e. The number of nitrogen functional groups attached to an aromatic ring is 1. The molecule has 0 saturated heterocycles. The Morgan fingerprint density at radius 1 is 1.39 bits per heavy atom. The molecular formula is C12H21N3OS2. The average molecular weight is 287 g/mol. The fourth-order valence-corrected chi connectivity index (χ4v) is 3.58. The van der Waals surface area contributed by atoms with Crippen LogP contribution in [0.1, 0.15) is 32.4 Å². The van der Waals surface area contributed by atoms with Crippen molar-refractivity contribution in [2.45, 2.75) is 37.8 Å². The molecule has 0 aliphatic heterocycles. The lowest BCUT2D eigenvalue weighted by Crippen LogP contribution is -2.33. The Morgan fingerprint density at radius 2 is 2.00 bits per heavy atom. The first kappa shape index (κ1) is 15.3. The number of thiazole rings is 1. The maximum absolute atomic E-state index is 12.1. The second-order valence-corrected chi connectivity index (χ2v) is 6.37. The van der Waals surface area contributed by atoms with Crippen molar-refractivity contribution in [1.29, 1.82) is 0 Å². The molecule has 0 aliphatic carbocycles. The second-order valence-electron chi connectivity index (χ2n) is 4.09. The topological polar surface area (TPSA) is 59.2 Å². The molecule has 0 unspecified atom stereocenters. The van der Waals surface area contributed by atoms with Crippen LogP contribution in [-0.2, 0) is 4.79 Å². The van der Waals surface area contributed by atoms with E-state index in [1.54, 1.807) is 11.8 Å². The Labute approximate surface area is 117 Å². The summed E-state index contributed by atoms with van der Waals surface area (Å²) in [5, 5.41) is 0.571. The van der Waals surface area contributed by atoms with Gasteiger partial charge in [0.1, 0.15) is 0 Å². The van der Waals surface area contributed by atoms with E-state index in [0.717, 1.165) is 35.8 Å². The van der Waals surface area contributed by atoms with Crippen molar-refractivity contribution < 1.29 is 4.79 Å². The molecule has 18 heavy (non-hydrogen) atoms. The highest BCUT2D eigenvalue weighted by Crippen LogP contribution is 2.30. The van der Waals surface area contributed by atoms with Crippen LogP contribution in [0.25, 0.3) is 0 Å². The predicted molar refractivity (Wildman–Crippen MR) is 79.1 cm³/mol. The van der Waals surface area contributed by atoms with Gasteiger partial charge < -0.3 is 10.6 Å². The van der Waals surface area contributed by atoms with Crippen LogP contribution in [0.15, 0.2) is 4.21 Å². The Hall–Kier alpha value is -0.750. The minimum atomic E-state index is 0.204. The lowest BCUT2D eigenvalue weighted by atomic mass is 10.3. The molecule has 2 N–H and O–H groups in total. The number of hydrogen-bond acceptors (Lipinski definition) is 5. The molecule has 0 radical (unpaired) electrons. The summed E-state index contributed by atoms with van der Waals surface area (Å²) in [6.07, 6.45) is 2.01. The summed E-state index contributed by atoms with van der Waals surface area (Å²) in [5.74, 6) is 0.678. The number of aromatic nitrogens is 1. The Kier molecular flexibility index (Phi) is 6.49. The third-order valence-corrected chi connectivity index (χ3v) is 4.77. The minimum absolute atomic E-state index is 0.204. The van der Waals surface area contributed by atoms with Gasteiger partial charge in [-0.2, -0.15) is 0 Å². The van der Waals surface area contributed by atoms with E-state index < -0.39 is 0 Å². The van der Waals surface area contributed by atoms with E-state index in [1.165, 1.54) is 11.3 Å². The number of nitrogens with zero attached hydrogens (tertiary/aromatic N) is 2. The summed E-state index contributed by atoms with van der Waals surface area (Å²) in [6.45, 7) is 7.80. The first-order chi connectivity index (χ1) is 8.58. The standard InChI is InChI=1S/C12H21N3OS2/c1-4-6-15(7-5-2)10(16)8-17-11-9(3)14-12(13)18-11/h4-8H2,1-3H3,(H2,13,14). The SMILES string of the molecule is CCCN(CCC)C(=O)CSc1sc(N)nc1C. The number of rotatable bonds is 7. The van der Waals surface area contributed by atoms with Crippen molar-refractivity contribution in [2.24, 2.45) is 0 Å². The molecule has 1 amide bonds. The Morgan fingerprint density at radius 3 is 2.44 bits per heavy atom. The van der Waals surface area contributed by atoms with Gasteiger partial charge in [-0.15, -0.1) is 11.8 Å². The highest BCUT2D eigenvalue weighted by molar-refractivity contribution is 8.01. The van der Waals surface area contributed by atoms with Gasteiger partial charge in [0.15, 0.2) is 5.13 Å². The van der Waals surface area contributed by atoms with E-state index in [1.807, 2.05) is 11.8 Å². The molecule has 1 heterocycles. The monoisotopic (exact) mass is 287 g/mol. The zero-order valence-corrected chi connectivity index (χ0v) is 12.9. The van der Waals surface area contributed by atoms with Gasteiger partial charge in [-0.1, -0.05) is 25.2 Å². The van der Waals surface area contributed by atoms with Gasteiger partial charge in [-0.05, 0) is 19.8 Å². The molecule has 0 atom stereocenters. The number of carbonyl (C=O) groups excluding carboxylic acids is 1. The van der Waals surface area contributed by atoms with Crippen molar-refractivity contribution >= 4 is 34.1 Å². The lowest BCUT2D eigenvalue weighted by molar-refractivity contribution is -0.128. The van der Waals surface area contributed by atoms with Gasteiger partial charge in [-0.25, -0.2) is 4.98 Å². The number of aryl methyl sites for hydroxylation is 1. The van der Waals surface area contributed by atoms with Crippen LogP contribution in [-0.4, -0.2) is 34.6 Å². The maximum atomic E-state index is 12.1. The normalized spacial score (nSPS) is 10.6. The average Bonchev–Trinajstić information content (AvgIpc) is 2.64. The number of amides is 1. The quantitative estimate of drug-likeness (QED) is 0.783. The first-order valence-electron chi connectivity index (χ1n) is 6.21. The van der Waals surface area contributed by atoms with Crippen LogP contribution in [0.2, 0.25) is 0 Å². The molecule has 6 heteroatoms. The van der Waals surface area contributed by atoms with Crippen LogP contribution >= 0.6 is 23.1 Å². The number of anilines is 1. The fourth-order valence-electron chi connectivity index (χ4n) is 1.66. The van der Waals surface area contributed by atoms with E-state index in [2.05, 4.69) is 18.8 Å². The lowest BCUT2D eigenvalue weighted by Gasteiger charge is -2.21. The summed E-state index contributed by atoms with van der Waals surface area (Å²) < 4.78 is 1.05. The molecule has 1 rings (SSSR count). The smallest absolute Gasteiger partial charge is 0.232 e. The number of nitrogens with two attached hydrogens (primary N) is 1. The molecule has 0 saturated carbocycles. The van der Waals surface area contributed by atoms with Crippen molar-refractivity contribution in [3.8, 4) is 0 Å². The summed E-state index contributed by atoms with van der Waals surface area (Å²) in [4.78, 5) is 18.2. The summed E-state index contributed by atoms with van der Waals surface area (Å²) >= 11 is 2.99. The molecule has 0 spiro atoms. The molecule has 0 bridgehead atoms. The van der Waals surface area contributed by atoms with Crippen molar-refractivity contribution in [1.82, 2.24) is 9.88 Å². The van der Waals surface area contributed by atoms with Crippen LogP contribution in [0.3, 0.4) is 0 Å². The number of carbonyl (C=O) groups is 1. The zero-order chi connectivity index (χ0) is 13.5. The van der Waals surface area contributed by atoms with E-state index >= 15 is 0 Å². The molecule has 0 fully saturated rings. The molecule has 1 aromatic heterocycles. The second kappa shape index (κ2) is 7.63. The van der Waals surface area contributed by atoms with Crippen molar-refractivity contribution in [2.75, 3.05) is 24.6 Å². The Bertz CT molecular complexity index is 387. The van der Waals surface area contributed by atoms with Gasteiger partial charge in [0.05, 0.1) is 15.7 Å². The molecule has 1 aromatic rings. The van der Waals surface area contributed by atoms with Gasteiger partial charge >= 0.3 is 0 Å². The number of hydrogen-bond donors (Lipinski definition) is 1. The summed E-state index contributed by atoms with van der Waals surface area (Å²) in [7, 11) is 0. The van der Waals surface area contributed by atoms with E-state index in [-0.39, 0.29) is 5.91 Å². The van der Waals surface area contributed by atoms with Crippen LogP contribution < -0.4 is 5.73 Å². The summed E-state index contributed by atoms with van der Waals surface area (Å²) in [5.41, 5.74) is 6.56. The van der Waals surface area contributed by atoms with E-state index in [4.69, 9.17) is 5.73 Å². The third kappa shape index (κ3) is 4.49. The van der Waals surface area contributed by atoms with E-state index in [9.17, 15) is 4.79 Å². The predicted octanol–water partition coefficient (Wildman–Crippen LogP) is 2.77. The van der Waals surface area contributed by atoms with Gasteiger partial charge in [-0.3, -0.25) is 4.79 Å². The molecule has 102 valence electrons. The fraction of sp³-hybridized carbons (Fsp3) is 0.667. The van der Waals surface area contributed by atoms with Crippen molar-refractivity contribution in [3.05, 3.63) is 5.69 Å².